The number of rotatable bonds is 3. The third-order valence-corrected chi connectivity index (χ3v) is 3.03. The van der Waals surface area contributed by atoms with Crippen molar-refractivity contribution in [2.24, 2.45) is 0 Å². The minimum Gasteiger partial charge on any atom is -0.384 e. The van der Waals surface area contributed by atoms with Gasteiger partial charge in [-0.05, 0) is 17.7 Å². The highest BCUT2D eigenvalue weighted by atomic mass is 32.2. The SMILES string of the molecule is CS[C@H](O)[C@H](O)c1cccs1. The summed E-state index contributed by atoms with van der Waals surface area (Å²) in [6.07, 6.45) is 1.02. The van der Waals surface area contributed by atoms with Crippen LogP contribution in [0.1, 0.15) is 11.0 Å². The zero-order valence-electron chi connectivity index (χ0n) is 6.10. The van der Waals surface area contributed by atoms with Crippen molar-refractivity contribution < 1.29 is 10.2 Å². The molecule has 2 atom stereocenters. The van der Waals surface area contributed by atoms with Crippen LogP contribution in [0.3, 0.4) is 0 Å². The summed E-state index contributed by atoms with van der Waals surface area (Å²) in [5, 5.41) is 20.5. The Balaban J connectivity index is 2.62. The molecule has 0 radical (unpaired) electrons. The molecule has 0 spiro atoms. The third kappa shape index (κ3) is 2.20. The van der Waals surface area contributed by atoms with Crippen molar-refractivity contribution in [3.05, 3.63) is 22.4 Å². The van der Waals surface area contributed by atoms with Gasteiger partial charge < -0.3 is 10.2 Å². The second-order valence-corrected chi connectivity index (χ2v) is 4.02. The van der Waals surface area contributed by atoms with E-state index >= 15 is 0 Å². The van der Waals surface area contributed by atoms with Gasteiger partial charge in [0.15, 0.2) is 0 Å². The van der Waals surface area contributed by atoms with Crippen molar-refractivity contribution in [1.29, 1.82) is 0 Å². The molecule has 2 N–H and O–H groups in total. The second kappa shape index (κ2) is 4.11. The van der Waals surface area contributed by atoms with Crippen molar-refractivity contribution in [3.8, 4) is 0 Å². The standard InChI is InChI=1S/C7H10O2S2/c1-10-7(9)6(8)5-3-2-4-11-5/h2-4,6-9H,1H3/t6-,7+/m1/s1. The van der Waals surface area contributed by atoms with Crippen LogP contribution in [-0.2, 0) is 0 Å². The molecule has 0 amide bonds. The number of thiophene rings is 1. The van der Waals surface area contributed by atoms with Gasteiger partial charge in [-0.2, -0.15) is 0 Å². The topological polar surface area (TPSA) is 40.5 Å². The average molecular weight is 190 g/mol. The highest BCUT2D eigenvalue weighted by Gasteiger charge is 2.17. The van der Waals surface area contributed by atoms with E-state index in [1.165, 1.54) is 23.1 Å². The van der Waals surface area contributed by atoms with Crippen LogP contribution in [0, 0.1) is 0 Å². The number of hydrogen-bond acceptors (Lipinski definition) is 4. The quantitative estimate of drug-likeness (QED) is 0.709. The van der Waals surface area contributed by atoms with Crippen molar-refractivity contribution in [1.82, 2.24) is 0 Å². The summed E-state index contributed by atoms with van der Waals surface area (Å²) in [7, 11) is 0. The van der Waals surface area contributed by atoms with Crippen molar-refractivity contribution in [2.75, 3.05) is 6.26 Å². The molecule has 2 nitrogen and oxygen atoms in total. The maximum Gasteiger partial charge on any atom is 0.130 e. The predicted molar refractivity (Wildman–Crippen MR) is 48.8 cm³/mol. The van der Waals surface area contributed by atoms with Crippen molar-refractivity contribution in [3.63, 3.8) is 0 Å². The van der Waals surface area contributed by atoms with Gasteiger partial charge in [-0.15, -0.1) is 23.1 Å². The van der Waals surface area contributed by atoms with E-state index in [1.54, 1.807) is 6.26 Å². The molecule has 0 aromatic carbocycles. The monoisotopic (exact) mass is 190 g/mol. The van der Waals surface area contributed by atoms with Gasteiger partial charge in [-0.1, -0.05) is 6.07 Å². The van der Waals surface area contributed by atoms with E-state index in [-0.39, 0.29) is 0 Å². The second-order valence-electron chi connectivity index (χ2n) is 2.09. The summed E-state index contributed by atoms with van der Waals surface area (Å²) in [6.45, 7) is 0. The van der Waals surface area contributed by atoms with E-state index in [9.17, 15) is 10.2 Å². The average Bonchev–Trinajstić information content (AvgIpc) is 2.53. The molecular weight excluding hydrogens is 180 g/mol. The predicted octanol–water partition coefficient (Wildman–Crippen LogP) is 1.46. The fraction of sp³-hybridized carbons (Fsp3) is 0.429. The van der Waals surface area contributed by atoms with Crippen LogP contribution in [0.25, 0.3) is 0 Å². The summed E-state index contributed by atoms with van der Waals surface area (Å²) in [4.78, 5) is 0.812. The Morgan fingerprint density at radius 3 is 2.73 bits per heavy atom. The molecule has 0 aliphatic heterocycles. The van der Waals surface area contributed by atoms with Gasteiger partial charge in [0.2, 0.25) is 0 Å². The minimum absolute atomic E-state index is 0.714. The van der Waals surface area contributed by atoms with Gasteiger partial charge in [0.1, 0.15) is 11.5 Å². The fourth-order valence-electron chi connectivity index (χ4n) is 0.729. The van der Waals surface area contributed by atoms with Gasteiger partial charge in [-0.25, -0.2) is 0 Å². The number of aliphatic hydroxyl groups excluding tert-OH is 2. The molecule has 0 aliphatic carbocycles. The van der Waals surface area contributed by atoms with Crippen molar-refractivity contribution in [2.45, 2.75) is 11.5 Å². The van der Waals surface area contributed by atoms with Crippen LogP contribution in [0.2, 0.25) is 0 Å². The highest BCUT2D eigenvalue weighted by molar-refractivity contribution is 7.99. The first-order chi connectivity index (χ1) is 5.25. The number of hydrogen-bond donors (Lipinski definition) is 2. The zero-order valence-corrected chi connectivity index (χ0v) is 7.73. The van der Waals surface area contributed by atoms with E-state index in [4.69, 9.17) is 0 Å². The lowest BCUT2D eigenvalue weighted by Gasteiger charge is -2.13. The first-order valence-corrected chi connectivity index (χ1v) is 5.35. The van der Waals surface area contributed by atoms with Crippen LogP contribution in [0.5, 0.6) is 0 Å². The summed E-state index contributed by atoms with van der Waals surface area (Å²) in [5.41, 5.74) is -0.714. The van der Waals surface area contributed by atoms with E-state index in [0.29, 0.717) is 0 Å². The van der Waals surface area contributed by atoms with E-state index in [2.05, 4.69) is 0 Å². The van der Waals surface area contributed by atoms with Crippen molar-refractivity contribution >= 4 is 23.1 Å². The molecule has 0 bridgehead atoms. The smallest absolute Gasteiger partial charge is 0.130 e. The Morgan fingerprint density at radius 2 is 2.27 bits per heavy atom. The molecule has 1 rings (SSSR count). The van der Waals surface area contributed by atoms with Crippen LogP contribution in [-0.4, -0.2) is 21.9 Å². The number of thioether (sulfide) groups is 1. The van der Waals surface area contributed by atoms with E-state index in [0.717, 1.165) is 4.88 Å². The zero-order chi connectivity index (χ0) is 8.27. The van der Waals surface area contributed by atoms with Gasteiger partial charge in [0.25, 0.3) is 0 Å². The van der Waals surface area contributed by atoms with Gasteiger partial charge in [0, 0.05) is 4.88 Å². The molecule has 0 aliphatic rings. The third-order valence-electron chi connectivity index (χ3n) is 1.35. The Morgan fingerprint density at radius 1 is 1.55 bits per heavy atom. The van der Waals surface area contributed by atoms with Crippen LogP contribution < -0.4 is 0 Å². The summed E-state index contributed by atoms with van der Waals surface area (Å²) >= 11 is 2.69. The minimum atomic E-state index is -0.745. The lowest BCUT2D eigenvalue weighted by molar-refractivity contribution is 0.0762. The fourth-order valence-corrected chi connectivity index (χ4v) is 1.96. The molecule has 0 fully saturated rings. The Hall–Kier alpha value is -0.0300. The maximum atomic E-state index is 9.42. The molecule has 1 aromatic heterocycles. The lowest BCUT2D eigenvalue weighted by atomic mass is 10.3. The molecule has 0 saturated heterocycles. The van der Waals surface area contributed by atoms with Crippen LogP contribution >= 0.6 is 23.1 Å². The molecule has 4 heteroatoms. The molecular formula is C7H10O2S2. The Labute approximate surface area is 73.9 Å². The molecule has 0 unspecified atom stereocenters. The van der Waals surface area contributed by atoms with Crippen LogP contribution in [0.15, 0.2) is 17.5 Å². The van der Waals surface area contributed by atoms with Gasteiger partial charge in [0.05, 0.1) is 0 Å². The van der Waals surface area contributed by atoms with Gasteiger partial charge >= 0.3 is 0 Å². The Kier molecular flexibility index (Phi) is 3.39. The first-order valence-electron chi connectivity index (χ1n) is 3.18. The summed E-state index contributed by atoms with van der Waals surface area (Å²) < 4.78 is 0. The first kappa shape index (κ1) is 9.06. The molecule has 0 saturated carbocycles. The Bertz CT molecular complexity index is 198. The molecule has 11 heavy (non-hydrogen) atoms. The maximum absolute atomic E-state index is 9.42. The van der Waals surface area contributed by atoms with E-state index in [1.807, 2.05) is 17.5 Å². The molecule has 1 aromatic rings. The molecule has 62 valence electrons. The highest BCUT2D eigenvalue weighted by Crippen LogP contribution is 2.26. The largest absolute Gasteiger partial charge is 0.384 e. The van der Waals surface area contributed by atoms with Crippen LogP contribution in [0.4, 0.5) is 0 Å². The summed E-state index contributed by atoms with van der Waals surface area (Å²) in [5.74, 6) is 0. The van der Waals surface area contributed by atoms with Gasteiger partial charge in [-0.3, -0.25) is 0 Å². The lowest BCUT2D eigenvalue weighted by Crippen LogP contribution is -2.12. The van der Waals surface area contributed by atoms with E-state index < -0.39 is 11.5 Å². The summed E-state index contributed by atoms with van der Waals surface area (Å²) in [6, 6.07) is 3.67. The normalized spacial score (nSPS) is 16.3. The number of aliphatic hydroxyl groups is 2. The molecule has 1 heterocycles.